The van der Waals surface area contributed by atoms with Gasteiger partial charge in [-0.1, -0.05) is 46.9 Å². The van der Waals surface area contributed by atoms with Gasteiger partial charge in [0.25, 0.3) is 0 Å². The van der Waals surface area contributed by atoms with Crippen LogP contribution in [0.1, 0.15) is 23.6 Å². The van der Waals surface area contributed by atoms with Crippen molar-refractivity contribution in [2.24, 2.45) is 0 Å². The molecule has 1 unspecified atom stereocenters. The number of hydrogen-bond acceptors (Lipinski definition) is 8. The smallest absolute Gasteiger partial charge is 0.247 e. The second kappa shape index (κ2) is 7.59. The lowest BCUT2D eigenvalue weighted by Crippen LogP contribution is -1.96. The highest BCUT2D eigenvalue weighted by molar-refractivity contribution is 8.01. The quantitative estimate of drug-likeness (QED) is 0.496. The van der Waals surface area contributed by atoms with Crippen LogP contribution in [0.4, 0.5) is 5.13 Å². The van der Waals surface area contributed by atoms with Gasteiger partial charge in [-0.15, -0.1) is 27.0 Å². The second-order valence-corrected chi connectivity index (χ2v) is 7.68. The summed E-state index contributed by atoms with van der Waals surface area (Å²) >= 11 is 3.04. The first kappa shape index (κ1) is 16.7. The molecular weight excluding hydrogens is 342 g/mol. The van der Waals surface area contributed by atoms with Gasteiger partial charge in [-0.05, 0) is 26.0 Å². The summed E-state index contributed by atoms with van der Waals surface area (Å²) in [7, 11) is 0. The van der Waals surface area contributed by atoms with Crippen molar-refractivity contribution < 1.29 is 4.42 Å². The lowest BCUT2D eigenvalue weighted by molar-refractivity contribution is 0.509. The fraction of sp³-hybridized carbons (Fsp3) is 0.250. The number of rotatable bonds is 7. The molecule has 1 N–H and O–H groups in total. The monoisotopic (exact) mass is 359 g/mol. The average Bonchev–Trinajstić information content (AvgIpc) is 3.23. The van der Waals surface area contributed by atoms with E-state index in [1.54, 1.807) is 17.8 Å². The van der Waals surface area contributed by atoms with Crippen molar-refractivity contribution in [3.8, 4) is 11.5 Å². The Morgan fingerprint density at radius 1 is 1.25 bits per heavy atom. The van der Waals surface area contributed by atoms with Crippen molar-refractivity contribution in [2.75, 3.05) is 11.9 Å². The summed E-state index contributed by atoms with van der Waals surface area (Å²) < 4.78 is 6.65. The van der Waals surface area contributed by atoms with Gasteiger partial charge >= 0.3 is 0 Å². The molecule has 0 radical (unpaired) electrons. The first-order chi connectivity index (χ1) is 11.7. The molecule has 2 heterocycles. The van der Waals surface area contributed by atoms with Crippen LogP contribution in [0.5, 0.6) is 0 Å². The Kier molecular flexibility index (Phi) is 5.27. The van der Waals surface area contributed by atoms with Gasteiger partial charge in [-0.2, -0.15) is 0 Å². The Hall–Kier alpha value is -2.19. The molecule has 1 atom stereocenters. The summed E-state index contributed by atoms with van der Waals surface area (Å²) in [6.07, 6.45) is 1.78. The summed E-state index contributed by atoms with van der Waals surface area (Å²) in [6.45, 7) is 8.38. The van der Waals surface area contributed by atoms with E-state index in [4.69, 9.17) is 4.42 Å². The maximum Gasteiger partial charge on any atom is 0.247 e. The van der Waals surface area contributed by atoms with E-state index < -0.39 is 0 Å². The topological polar surface area (TPSA) is 76.7 Å². The van der Waals surface area contributed by atoms with Crippen molar-refractivity contribution >= 4 is 28.2 Å². The molecule has 0 spiro atoms. The van der Waals surface area contributed by atoms with Gasteiger partial charge in [0.2, 0.25) is 16.9 Å². The van der Waals surface area contributed by atoms with E-state index in [1.165, 1.54) is 16.9 Å². The number of nitrogens with zero attached hydrogens (tertiary/aromatic N) is 4. The normalized spacial score (nSPS) is 12.1. The zero-order valence-electron chi connectivity index (χ0n) is 13.4. The van der Waals surface area contributed by atoms with Crippen molar-refractivity contribution in [3.63, 3.8) is 0 Å². The predicted octanol–water partition coefficient (Wildman–Crippen LogP) is 4.35. The number of anilines is 1. The molecule has 0 saturated carbocycles. The maximum absolute atomic E-state index is 5.80. The van der Waals surface area contributed by atoms with E-state index >= 15 is 0 Å². The highest BCUT2D eigenvalue weighted by atomic mass is 32.2. The van der Waals surface area contributed by atoms with Crippen LogP contribution >= 0.6 is 23.1 Å². The van der Waals surface area contributed by atoms with Gasteiger partial charge in [-0.25, -0.2) is 0 Å². The highest BCUT2D eigenvalue weighted by Crippen LogP contribution is 2.37. The summed E-state index contributed by atoms with van der Waals surface area (Å²) in [4.78, 5) is 0. The summed E-state index contributed by atoms with van der Waals surface area (Å²) in [6, 6.07) is 8.01. The van der Waals surface area contributed by atoms with E-state index in [2.05, 4.69) is 32.3 Å². The van der Waals surface area contributed by atoms with Crippen molar-refractivity contribution in [1.82, 2.24) is 20.4 Å². The van der Waals surface area contributed by atoms with Gasteiger partial charge in [0.1, 0.15) is 0 Å². The van der Waals surface area contributed by atoms with Gasteiger partial charge in [0.15, 0.2) is 4.34 Å². The zero-order valence-corrected chi connectivity index (χ0v) is 15.0. The minimum atomic E-state index is -0.00287. The second-order valence-electron chi connectivity index (χ2n) is 5.11. The number of nitrogens with one attached hydrogen (secondary N) is 1. The van der Waals surface area contributed by atoms with Crippen LogP contribution in [-0.2, 0) is 0 Å². The first-order valence-electron chi connectivity index (χ1n) is 7.41. The zero-order chi connectivity index (χ0) is 16.9. The van der Waals surface area contributed by atoms with E-state index in [1.807, 2.05) is 38.1 Å². The van der Waals surface area contributed by atoms with E-state index in [-0.39, 0.29) is 5.25 Å². The summed E-state index contributed by atoms with van der Waals surface area (Å²) in [5, 5.41) is 20.4. The Balaban J connectivity index is 1.67. The van der Waals surface area contributed by atoms with Crippen molar-refractivity contribution in [2.45, 2.75) is 23.4 Å². The number of benzene rings is 1. The van der Waals surface area contributed by atoms with Crippen LogP contribution in [0.25, 0.3) is 11.5 Å². The summed E-state index contributed by atoms with van der Waals surface area (Å²) in [5.41, 5.74) is 2.11. The van der Waals surface area contributed by atoms with Crippen molar-refractivity contribution in [1.29, 1.82) is 0 Å². The molecule has 1 aromatic carbocycles. The third kappa shape index (κ3) is 4.01. The molecule has 0 fully saturated rings. The molecule has 3 aromatic rings. The Morgan fingerprint density at radius 3 is 2.79 bits per heavy atom. The van der Waals surface area contributed by atoms with Crippen LogP contribution in [0.15, 0.2) is 45.7 Å². The van der Waals surface area contributed by atoms with E-state index in [0.29, 0.717) is 18.3 Å². The van der Waals surface area contributed by atoms with Gasteiger partial charge in [0.05, 0.1) is 5.25 Å². The largest absolute Gasteiger partial charge is 0.419 e. The fourth-order valence-corrected chi connectivity index (χ4v) is 3.83. The van der Waals surface area contributed by atoms with Crippen LogP contribution in [0.2, 0.25) is 0 Å². The van der Waals surface area contributed by atoms with Gasteiger partial charge in [0, 0.05) is 12.1 Å². The van der Waals surface area contributed by atoms with Crippen LogP contribution < -0.4 is 5.32 Å². The Morgan fingerprint density at radius 2 is 2.04 bits per heavy atom. The molecule has 8 heteroatoms. The first-order valence-corrected chi connectivity index (χ1v) is 9.10. The fourth-order valence-electron chi connectivity index (χ4n) is 1.90. The van der Waals surface area contributed by atoms with Crippen molar-refractivity contribution in [3.05, 3.63) is 48.4 Å². The van der Waals surface area contributed by atoms with Crippen LogP contribution in [0.3, 0.4) is 0 Å². The number of hydrogen-bond donors (Lipinski definition) is 1. The van der Waals surface area contributed by atoms with Crippen LogP contribution in [-0.4, -0.2) is 26.9 Å². The lowest BCUT2D eigenvalue weighted by Gasteiger charge is -2.02. The highest BCUT2D eigenvalue weighted by Gasteiger charge is 2.18. The predicted molar refractivity (Wildman–Crippen MR) is 97.3 cm³/mol. The molecule has 2 aromatic heterocycles. The van der Waals surface area contributed by atoms with Crippen LogP contribution in [0, 0.1) is 6.92 Å². The molecule has 0 aliphatic rings. The van der Waals surface area contributed by atoms with E-state index in [9.17, 15) is 0 Å². The van der Waals surface area contributed by atoms with Gasteiger partial charge in [-0.3, -0.25) is 0 Å². The Bertz CT molecular complexity index is 812. The molecule has 0 aliphatic carbocycles. The minimum absolute atomic E-state index is 0.00287. The molecule has 0 amide bonds. The molecule has 0 bridgehead atoms. The maximum atomic E-state index is 5.80. The number of aryl methyl sites for hydroxylation is 1. The molecule has 124 valence electrons. The number of thioether (sulfide) groups is 1. The average molecular weight is 359 g/mol. The Labute approximate surface area is 148 Å². The van der Waals surface area contributed by atoms with E-state index in [0.717, 1.165) is 15.0 Å². The molecular formula is C16H17N5OS2. The third-order valence-corrected chi connectivity index (χ3v) is 5.22. The molecule has 0 saturated heterocycles. The number of aromatic nitrogens is 4. The van der Waals surface area contributed by atoms with Gasteiger partial charge < -0.3 is 9.73 Å². The minimum Gasteiger partial charge on any atom is -0.419 e. The molecule has 0 aliphatic heterocycles. The summed E-state index contributed by atoms with van der Waals surface area (Å²) in [5.74, 6) is 1.11. The molecule has 24 heavy (non-hydrogen) atoms. The molecule has 6 nitrogen and oxygen atoms in total. The molecule has 3 rings (SSSR count). The SMILES string of the molecule is C=CCNc1nnc(SC(C)c2nnc(-c3ccc(C)cc3)o2)s1. The standard InChI is InChI=1S/C16H17N5OS2/c1-4-9-17-15-20-21-16(24-15)23-11(3)13-18-19-14(22-13)12-7-5-10(2)6-8-12/h4-8,11H,1,9H2,2-3H3,(H,17,20). The third-order valence-electron chi connectivity index (χ3n) is 3.17. The lowest BCUT2D eigenvalue weighted by atomic mass is 10.1.